The Kier molecular flexibility index (Phi) is 10.4. The van der Waals surface area contributed by atoms with Gasteiger partial charge < -0.3 is 19.7 Å². The lowest BCUT2D eigenvalue weighted by Crippen LogP contribution is -2.39. The smallest absolute Gasteiger partial charge is 0.305 e. The third-order valence-corrected chi connectivity index (χ3v) is 3.97. The number of hydrogen-bond acceptors (Lipinski definition) is 7. The molecule has 0 saturated carbocycles. The monoisotopic (exact) mass is 371 g/mol. The number of nitrogens with one attached hydrogen (secondary N) is 1. The minimum absolute atomic E-state index is 0.0528. The second-order valence-electron chi connectivity index (χ2n) is 5.18. The largest absolute Gasteiger partial charge is 0.469 e. The van der Waals surface area contributed by atoms with Gasteiger partial charge >= 0.3 is 5.97 Å². The Bertz CT molecular complexity index is 536. The number of carbonyl (C=O) groups is 3. The van der Waals surface area contributed by atoms with Crippen LogP contribution in [0.15, 0.2) is 11.6 Å². The molecule has 8 nitrogen and oxygen atoms in total. The van der Waals surface area contributed by atoms with Gasteiger partial charge in [0.2, 0.25) is 11.8 Å². The fourth-order valence-electron chi connectivity index (χ4n) is 2.06. The van der Waals surface area contributed by atoms with Crippen molar-refractivity contribution >= 4 is 34.3 Å². The average molecular weight is 371 g/mol. The van der Waals surface area contributed by atoms with E-state index in [9.17, 15) is 14.4 Å². The van der Waals surface area contributed by atoms with Gasteiger partial charge in [-0.25, -0.2) is 4.98 Å². The molecule has 0 fully saturated rings. The van der Waals surface area contributed by atoms with Gasteiger partial charge in [-0.15, -0.1) is 11.3 Å². The maximum atomic E-state index is 12.4. The van der Waals surface area contributed by atoms with E-state index in [2.05, 4.69) is 15.0 Å². The number of aromatic nitrogens is 1. The quantitative estimate of drug-likeness (QED) is 0.443. The summed E-state index contributed by atoms with van der Waals surface area (Å²) in [6, 6.07) is 0. The van der Waals surface area contributed by atoms with Gasteiger partial charge in [-0.05, 0) is 19.8 Å². The number of anilines is 1. The predicted molar refractivity (Wildman–Crippen MR) is 94.3 cm³/mol. The highest BCUT2D eigenvalue weighted by Gasteiger charge is 2.18. The van der Waals surface area contributed by atoms with Crippen LogP contribution in [0.3, 0.4) is 0 Å². The number of carbonyl (C=O) groups excluding carboxylic acids is 3. The van der Waals surface area contributed by atoms with E-state index in [1.165, 1.54) is 23.3 Å². The molecule has 0 aliphatic rings. The second kappa shape index (κ2) is 12.4. The Balaban J connectivity index is 2.49. The molecule has 1 heterocycles. The number of esters is 1. The Morgan fingerprint density at radius 3 is 2.72 bits per heavy atom. The van der Waals surface area contributed by atoms with Crippen molar-refractivity contribution in [2.45, 2.75) is 32.6 Å². The van der Waals surface area contributed by atoms with Crippen LogP contribution in [-0.4, -0.2) is 61.1 Å². The van der Waals surface area contributed by atoms with Gasteiger partial charge in [0.1, 0.15) is 0 Å². The molecule has 0 aromatic carbocycles. The van der Waals surface area contributed by atoms with Gasteiger partial charge in [0.15, 0.2) is 5.13 Å². The molecule has 0 spiro atoms. The van der Waals surface area contributed by atoms with Crippen LogP contribution < -0.4 is 5.32 Å². The SMILES string of the molecule is CCOCCCN(CC(=O)Nc1nccs1)C(=O)CCCC(=O)OC. The maximum absolute atomic E-state index is 12.4. The van der Waals surface area contributed by atoms with E-state index in [4.69, 9.17) is 4.74 Å². The van der Waals surface area contributed by atoms with E-state index in [1.54, 1.807) is 11.6 Å². The maximum Gasteiger partial charge on any atom is 0.305 e. The molecule has 1 aromatic rings. The first-order valence-corrected chi connectivity index (χ1v) is 9.06. The minimum Gasteiger partial charge on any atom is -0.469 e. The molecule has 25 heavy (non-hydrogen) atoms. The molecule has 1 aromatic heterocycles. The third-order valence-electron chi connectivity index (χ3n) is 3.29. The summed E-state index contributed by atoms with van der Waals surface area (Å²) in [7, 11) is 1.31. The highest BCUT2D eigenvalue weighted by molar-refractivity contribution is 7.13. The second-order valence-corrected chi connectivity index (χ2v) is 6.08. The number of rotatable bonds is 12. The molecule has 0 radical (unpaired) electrons. The van der Waals surface area contributed by atoms with Crippen molar-refractivity contribution in [2.24, 2.45) is 0 Å². The van der Waals surface area contributed by atoms with E-state index in [0.29, 0.717) is 37.7 Å². The number of nitrogens with zero attached hydrogens (tertiary/aromatic N) is 2. The zero-order chi connectivity index (χ0) is 18.5. The average Bonchev–Trinajstić information content (AvgIpc) is 3.10. The lowest BCUT2D eigenvalue weighted by atomic mass is 10.2. The van der Waals surface area contributed by atoms with Crippen LogP contribution in [0.1, 0.15) is 32.6 Å². The summed E-state index contributed by atoms with van der Waals surface area (Å²) in [5.74, 6) is -0.820. The lowest BCUT2D eigenvalue weighted by molar-refractivity contribution is -0.141. The first kappa shape index (κ1) is 21.0. The van der Waals surface area contributed by atoms with Gasteiger partial charge in [0.05, 0.1) is 13.7 Å². The van der Waals surface area contributed by atoms with Crippen LogP contribution in [-0.2, 0) is 23.9 Å². The molecular formula is C16H25N3O5S. The molecule has 0 saturated heterocycles. The molecule has 2 amide bonds. The minimum atomic E-state index is -0.350. The van der Waals surface area contributed by atoms with Crippen molar-refractivity contribution < 1.29 is 23.9 Å². The zero-order valence-electron chi connectivity index (χ0n) is 14.7. The molecule has 0 atom stereocenters. The number of hydrogen-bond donors (Lipinski definition) is 1. The number of thiazole rings is 1. The zero-order valence-corrected chi connectivity index (χ0v) is 15.5. The summed E-state index contributed by atoms with van der Waals surface area (Å²) >= 11 is 1.31. The summed E-state index contributed by atoms with van der Waals surface area (Å²) in [5, 5.41) is 4.92. The fraction of sp³-hybridized carbons (Fsp3) is 0.625. The lowest BCUT2D eigenvalue weighted by Gasteiger charge is -2.22. The van der Waals surface area contributed by atoms with Crippen LogP contribution in [0.4, 0.5) is 5.13 Å². The van der Waals surface area contributed by atoms with Crippen molar-refractivity contribution in [1.29, 1.82) is 0 Å². The molecule has 0 aliphatic heterocycles. The van der Waals surface area contributed by atoms with Gasteiger partial charge in [0, 0.05) is 44.2 Å². The summed E-state index contributed by atoms with van der Waals surface area (Å²) in [5.41, 5.74) is 0. The highest BCUT2D eigenvalue weighted by Crippen LogP contribution is 2.10. The Labute approximate surface area is 151 Å². The summed E-state index contributed by atoms with van der Waals surface area (Å²) in [4.78, 5) is 41.1. The Morgan fingerprint density at radius 2 is 2.08 bits per heavy atom. The molecule has 1 N–H and O–H groups in total. The summed E-state index contributed by atoms with van der Waals surface area (Å²) in [6.07, 6.45) is 3.00. The summed E-state index contributed by atoms with van der Waals surface area (Å²) < 4.78 is 9.83. The highest BCUT2D eigenvalue weighted by atomic mass is 32.1. The standard InChI is InChI=1S/C16H25N3O5S/c1-3-24-10-5-9-19(14(21)6-4-7-15(22)23-2)12-13(20)18-16-17-8-11-25-16/h8,11H,3-7,9-10,12H2,1-2H3,(H,17,18,20). The van der Waals surface area contributed by atoms with Crippen molar-refractivity contribution in [2.75, 3.05) is 38.7 Å². The Hall–Kier alpha value is -2.00. The molecule has 9 heteroatoms. The molecule has 0 aliphatic carbocycles. The van der Waals surface area contributed by atoms with Gasteiger partial charge in [-0.2, -0.15) is 0 Å². The number of ether oxygens (including phenoxy) is 2. The van der Waals surface area contributed by atoms with E-state index in [-0.39, 0.29) is 37.2 Å². The molecular weight excluding hydrogens is 346 g/mol. The Morgan fingerprint density at radius 1 is 1.28 bits per heavy atom. The van der Waals surface area contributed by atoms with E-state index in [0.717, 1.165) is 0 Å². The van der Waals surface area contributed by atoms with Gasteiger partial charge in [0.25, 0.3) is 0 Å². The van der Waals surface area contributed by atoms with Crippen LogP contribution in [0.2, 0.25) is 0 Å². The topological polar surface area (TPSA) is 97.8 Å². The van der Waals surface area contributed by atoms with Crippen LogP contribution in [0.5, 0.6) is 0 Å². The van der Waals surface area contributed by atoms with Gasteiger partial charge in [-0.3, -0.25) is 14.4 Å². The predicted octanol–water partition coefficient (Wildman–Crippen LogP) is 1.68. The van der Waals surface area contributed by atoms with E-state index in [1.807, 2.05) is 6.92 Å². The van der Waals surface area contributed by atoms with E-state index >= 15 is 0 Å². The van der Waals surface area contributed by atoms with Crippen LogP contribution in [0, 0.1) is 0 Å². The van der Waals surface area contributed by atoms with Crippen LogP contribution in [0.25, 0.3) is 0 Å². The van der Waals surface area contributed by atoms with Crippen molar-refractivity contribution in [3.05, 3.63) is 11.6 Å². The molecule has 1 rings (SSSR count). The van der Waals surface area contributed by atoms with Crippen molar-refractivity contribution in [1.82, 2.24) is 9.88 Å². The van der Waals surface area contributed by atoms with Crippen molar-refractivity contribution in [3.63, 3.8) is 0 Å². The normalized spacial score (nSPS) is 10.3. The molecule has 0 unspecified atom stereocenters. The van der Waals surface area contributed by atoms with Gasteiger partial charge in [-0.1, -0.05) is 0 Å². The first-order valence-electron chi connectivity index (χ1n) is 8.18. The number of methoxy groups -OCH3 is 1. The summed E-state index contributed by atoms with van der Waals surface area (Å²) in [6.45, 7) is 3.40. The molecule has 140 valence electrons. The first-order chi connectivity index (χ1) is 12.1. The van der Waals surface area contributed by atoms with Crippen molar-refractivity contribution in [3.8, 4) is 0 Å². The van der Waals surface area contributed by atoms with E-state index < -0.39 is 0 Å². The molecule has 0 bridgehead atoms. The fourth-order valence-corrected chi connectivity index (χ4v) is 2.60. The van der Waals surface area contributed by atoms with Crippen LogP contribution >= 0.6 is 11.3 Å². The third kappa shape index (κ3) is 9.16. The number of amides is 2.